The Balaban J connectivity index is 2.20. The van der Waals surface area contributed by atoms with Crippen molar-refractivity contribution in [1.29, 1.82) is 0 Å². The van der Waals surface area contributed by atoms with Crippen LogP contribution in [0.5, 0.6) is 0 Å². The van der Waals surface area contributed by atoms with E-state index in [1.54, 1.807) is 0 Å². The number of halogens is 3. The van der Waals surface area contributed by atoms with Crippen molar-refractivity contribution in [2.75, 3.05) is 7.05 Å². The topological polar surface area (TPSA) is 12.0 Å². The molecule has 1 aliphatic carbocycles. The summed E-state index contributed by atoms with van der Waals surface area (Å²) in [5.74, 6) is -0.561. The Labute approximate surface area is 115 Å². The Morgan fingerprint density at radius 2 is 2.00 bits per heavy atom. The van der Waals surface area contributed by atoms with Gasteiger partial charge in [-0.1, -0.05) is 12.8 Å². The smallest absolute Gasteiger partial charge is 0.143 e. The molecule has 18 heavy (non-hydrogen) atoms. The lowest BCUT2D eigenvalue weighted by Crippen LogP contribution is -2.37. The Hall–Kier alpha value is -0.480. The SMILES string of the molecule is CNC1CCCCC1Cc1c(F)ccc(Br)c1F. The first-order valence-electron chi connectivity index (χ1n) is 6.43. The molecule has 1 aromatic rings. The molecule has 0 saturated heterocycles. The highest BCUT2D eigenvalue weighted by molar-refractivity contribution is 9.10. The zero-order chi connectivity index (χ0) is 13.1. The normalized spacial score (nSPS) is 24.2. The number of nitrogens with one attached hydrogen (secondary N) is 1. The summed E-state index contributed by atoms with van der Waals surface area (Å²) in [5, 5.41) is 3.27. The van der Waals surface area contributed by atoms with Crippen LogP contribution in [-0.4, -0.2) is 13.1 Å². The number of rotatable bonds is 3. The van der Waals surface area contributed by atoms with Crippen molar-refractivity contribution in [3.63, 3.8) is 0 Å². The lowest BCUT2D eigenvalue weighted by atomic mass is 9.80. The van der Waals surface area contributed by atoms with E-state index in [9.17, 15) is 8.78 Å². The summed E-state index contributed by atoms with van der Waals surface area (Å²) in [4.78, 5) is 0. The lowest BCUT2D eigenvalue weighted by molar-refractivity contribution is 0.268. The van der Waals surface area contributed by atoms with Crippen molar-refractivity contribution in [2.45, 2.75) is 38.1 Å². The summed E-state index contributed by atoms with van der Waals surface area (Å²) >= 11 is 3.12. The van der Waals surface area contributed by atoms with E-state index in [4.69, 9.17) is 0 Å². The van der Waals surface area contributed by atoms with E-state index in [1.165, 1.54) is 18.6 Å². The second-order valence-corrected chi connectivity index (χ2v) is 5.82. The average Bonchev–Trinajstić information content (AvgIpc) is 2.39. The fourth-order valence-corrected chi connectivity index (χ4v) is 3.22. The molecule has 2 atom stereocenters. The molecule has 1 nitrogen and oxygen atoms in total. The fourth-order valence-electron chi connectivity index (χ4n) is 2.85. The minimum absolute atomic E-state index is 0.219. The molecule has 0 aliphatic heterocycles. The molecule has 4 heteroatoms. The van der Waals surface area contributed by atoms with Gasteiger partial charge < -0.3 is 5.32 Å². The Morgan fingerprint density at radius 1 is 1.28 bits per heavy atom. The molecule has 0 spiro atoms. The van der Waals surface area contributed by atoms with Crippen molar-refractivity contribution in [3.8, 4) is 0 Å². The third-order valence-corrected chi connectivity index (χ3v) is 4.50. The van der Waals surface area contributed by atoms with Crippen LogP contribution < -0.4 is 5.32 Å². The fraction of sp³-hybridized carbons (Fsp3) is 0.571. The van der Waals surface area contributed by atoms with E-state index in [0.29, 0.717) is 22.9 Å². The van der Waals surface area contributed by atoms with Crippen LogP contribution in [0.2, 0.25) is 0 Å². The first kappa shape index (κ1) is 13.9. The standard InChI is InChI=1S/C14H18BrF2N/c1-18-13-5-3-2-4-9(13)8-10-12(16)7-6-11(15)14(10)17/h6-7,9,13,18H,2-5,8H2,1H3. The Morgan fingerprint density at radius 3 is 2.72 bits per heavy atom. The zero-order valence-corrected chi connectivity index (χ0v) is 12.1. The van der Waals surface area contributed by atoms with Crippen LogP contribution in [0.3, 0.4) is 0 Å². The van der Waals surface area contributed by atoms with Crippen LogP contribution in [0.4, 0.5) is 8.78 Å². The maximum atomic E-state index is 13.9. The molecule has 1 aromatic carbocycles. The van der Waals surface area contributed by atoms with E-state index < -0.39 is 11.6 Å². The van der Waals surface area contributed by atoms with Crippen molar-refractivity contribution in [1.82, 2.24) is 5.32 Å². The molecule has 1 N–H and O–H groups in total. The number of hydrogen-bond donors (Lipinski definition) is 1. The van der Waals surface area contributed by atoms with Gasteiger partial charge in [-0.25, -0.2) is 8.78 Å². The first-order chi connectivity index (χ1) is 8.63. The maximum absolute atomic E-state index is 13.9. The van der Waals surface area contributed by atoms with Gasteiger partial charge in [0.05, 0.1) is 4.47 Å². The van der Waals surface area contributed by atoms with Gasteiger partial charge in [-0.2, -0.15) is 0 Å². The van der Waals surface area contributed by atoms with Gasteiger partial charge >= 0.3 is 0 Å². The summed E-state index contributed by atoms with van der Waals surface area (Å²) in [6.07, 6.45) is 4.96. The summed E-state index contributed by atoms with van der Waals surface area (Å²) < 4.78 is 28.0. The third kappa shape index (κ3) is 2.91. The van der Waals surface area contributed by atoms with E-state index >= 15 is 0 Å². The molecule has 0 aromatic heterocycles. The molecule has 1 aliphatic rings. The van der Waals surface area contributed by atoms with Crippen molar-refractivity contribution in [2.24, 2.45) is 5.92 Å². The third-order valence-electron chi connectivity index (χ3n) is 3.89. The molecule has 1 fully saturated rings. The molecule has 0 heterocycles. The van der Waals surface area contributed by atoms with Crippen LogP contribution in [0.1, 0.15) is 31.2 Å². The Bertz CT molecular complexity index is 423. The van der Waals surface area contributed by atoms with Crippen molar-refractivity contribution >= 4 is 15.9 Å². The van der Waals surface area contributed by atoms with E-state index in [0.717, 1.165) is 19.3 Å². The summed E-state index contributed by atoms with van der Waals surface area (Å²) in [5.41, 5.74) is 0.219. The molecular formula is C14H18BrF2N. The summed E-state index contributed by atoms with van der Waals surface area (Å²) in [6.45, 7) is 0. The van der Waals surface area contributed by atoms with Gasteiger partial charge in [0.2, 0.25) is 0 Å². The van der Waals surface area contributed by atoms with Crippen LogP contribution >= 0.6 is 15.9 Å². The second-order valence-electron chi connectivity index (χ2n) is 4.97. The molecule has 0 bridgehead atoms. The van der Waals surface area contributed by atoms with Crippen LogP contribution in [0, 0.1) is 17.6 Å². The monoisotopic (exact) mass is 317 g/mol. The molecule has 2 unspecified atom stereocenters. The molecule has 2 rings (SSSR count). The highest BCUT2D eigenvalue weighted by Crippen LogP contribution is 2.30. The second kappa shape index (κ2) is 6.11. The average molecular weight is 318 g/mol. The van der Waals surface area contributed by atoms with Crippen molar-refractivity contribution < 1.29 is 8.78 Å². The molecule has 0 radical (unpaired) electrons. The lowest BCUT2D eigenvalue weighted by Gasteiger charge is -2.31. The summed E-state index contributed by atoms with van der Waals surface area (Å²) in [7, 11) is 1.93. The predicted octanol–water partition coefficient (Wildman–Crippen LogP) is 4.05. The first-order valence-corrected chi connectivity index (χ1v) is 7.22. The van der Waals surface area contributed by atoms with Gasteiger partial charge in [0.15, 0.2) is 0 Å². The molecule has 0 amide bonds. The quantitative estimate of drug-likeness (QED) is 0.829. The molecular weight excluding hydrogens is 300 g/mol. The molecule has 100 valence electrons. The number of benzene rings is 1. The predicted molar refractivity (Wildman–Crippen MR) is 72.6 cm³/mol. The van der Waals surface area contributed by atoms with E-state index in [1.807, 2.05) is 7.05 Å². The largest absolute Gasteiger partial charge is 0.317 e. The van der Waals surface area contributed by atoms with Gasteiger partial charge in [-0.05, 0) is 60.3 Å². The van der Waals surface area contributed by atoms with E-state index in [2.05, 4.69) is 21.2 Å². The van der Waals surface area contributed by atoms with Gasteiger partial charge in [0.1, 0.15) is 11.6 Å². The van der Waals surface area contributed by atoms with E-state index in [-0.39, 0.29) is 5.56 Å². The van der Waals surface area contributed by atoms with Crippen LogP contribution in [0.15, 0.2) is 16.6 Å². The van der Waals surface area contributed by atoms with Gasteiger partial charge in [-0.15, -0.1) is 0 Å². The summed E-state index contributed by atoms with van der Waals surface area (Å²) in [6, 6.07) is 3.13. The van der Waals surface area contributed by atoms with Crippen LogP contribution in [-0.2, 0) is 6.42 Å². The van der Waals surface area contributed by atoms with Gasteiger partial charge in [0, 0.05) is 11.6 Å². The zero-order valence-electron chi connectivity index (χ0n) is 10.5. The van der Waals surface area contributed by atoms with Gasteiger partial charge in [0.25, 0.3) is 0 Å². The van der Waals surface area contributed by atoms with Crippen molar-refractivity contribution in [3.05, 3.63) is 33.8 Å². The molecule has 1 saturated carbocycles. The minimum Gasteiger partial charge on any atom is -0.317 e. The van der Waals surface area contributed by atoms with Crippen LogP contribution in [0.25, 0.3) is 0 Å². The van der Waals surface area contributed by atoms with Gasteiger partial charge in [-0.3, -0.25) is 0 Å². The Kier molecular flexibility index (Phi) is 4.73. The minimum atomic E-state index is -0.449. The highest BCUT2D eigenvalue weighted by atomic mass is 79.9. The highest BCUT2D eigenvalue weighted by Gasteiger charge is 2.26. The maximum Gasteiger partial charge on any atom is 0.143 e. The number of hydrogen-bond acceptors (Lipinski definition) is 1.